The van der Waals surface area contributed by atoms with Gasteiger partial charge in [0.25, 0.3) is 0 Å². The van der Waals surface area contributed by atoms with Crippen molar-refractivity contribution in [2.75, 3.05) is 11.9 Å². The van der Waals surface area contributed by atoms with Gasteiger partial charge in [-0.1, -0.05) is 62.2 Å². The van der Waals surface area contributed by atoms with Crippen LogP contribution in [0.3, 0.4) is 0 Å². The molecular weight excluding hydrogens is 276 g/mol. The number of thiocarbonyl (C=S) groups is 1. The van der Waals surface area contributed by atoms with E-state index >= 15 is 0 Å². The molecule has 2 aromatic carbocycles. The normalized spacial score (nSPS) is 15.4. The third kappa shape index (κ3) is 3.18. The van der Waals surface area contributed by atoms with Gasteiger partial charge in [0.05, 0.1) is 0 Å². The number of hydrogen-bond donors (Lipinski definition) is 2. The van der Waals surface area contributed by atoms with Gasteiger partial charge >= 0.3 is 0 Å². The van der Waals surface area contributed by atoms with Gasteiger partial charge in [0.15, 0.2) is 0 Å². The molecule has 0 atom stereocenters. The number of fused-ring (bicyclic) bond motifs is 1. The van der Waals surface area contributed by atoms with Gasteiger partial charge in [-0.15, -0.1) is 0 Å². The zero-order valence-electron chi connectivity index (χ0n) is 12.3. The van der Waals surface area contributed by atoms with Crippen molar-refractivity contribution in [3.8, 4) is 0 Å². The van der Waals surface area contributed by atoms with Gasteiger partial charge < -0.3 is 11.1 Å². The average Bonchev–Trinajstić information content (AvgIpc) is 3.00. The highest BCUT2D eigenvalue weighted by atomic mass is 32.1. The summed E-state index contributed by atoms with van der Waals surface area (Å²) in [4.78, 5) is 0.462. The van der Waals surface area contributed by atoms with Crippen molar-refractivity contribution in [3.63, 3.8) is 0 Å². The summed E-state index contributed by atoms with van der Waals surface area (Å²) in [6.07, 6.45) is 6.91. The Labute approximate surface area is 131 Å². The van der Waals surface area contributed by atoms with E-state index in [1.165, 1.54) is 43.2 Å². The molecule has 21 heavy (non-hydrogen) atoms. The van der Waals surface area contributed by atoms with Crippen LogP contribution in [-0.2, 0) is 0 Å². The fourth-order valence-corrected chi connectivity index (χ4v) is 3.56. The van der Waals surface area contributed by atoms with Crippen LogP contribution in [0.2, 0.25) is 0 Å². The first-order valence-electron chi connectivity index (χ1n) is 7.81. The smallest absolute Gasteiger partial charge is 0.104 e. The number of anilines is 1. The Morgan fingerprint density at radius 1 is 1.10 bits per heavy atom. The van der Waals surface area contributed by atoms with Crippen molar-refractivity contribution in [1.29, 1.82) is 0 Å². The van der Waals surface area contributed by atoms with E-state index in [0.717, 1.165) is 23.4 Å². The number of nitrogens with two attached hydrogens (primary N) is 1. The fourth-order valence-electron chi connectivity index (χ4n) is 3.38. The molecule has 0 aromatic heterocycles. The van der Waals surface area contributed by atoms with E-state index in [4.69, 9.17) is 18.0 Å². The standard InChI is InChI=1S/C18H22N2S/c19-18(21)16-9-10-17(15-8-4-3-7-14(15)16)20-12-11-13-5-1-2-6-13/h3-4,7-10,13,20H,1-2,5-6,11-12H2,(H2,19,21). The largest absolute Gasteiger partial charge is 0.389 e. The van der Waals surface area contributed by atoms with Crippen LogP contribution in [0.15, 0.2) is 36.4 Å². The zero-order valence-corrected chi connectivity index (χ0v) is 13.1. The first-order valence-corrected chi connectivity index (χ1v) is 8.22. The minimum absolute atomic E-state index is 0.462. The molecule has 1 aliphatic carbocycles. The SMILES string of the molecule is NC(=S)c1ccc(NCCC2CCCC2)c2ccccc12. The van der Waals surface area contributed by atoms with Crippen molar-refractivity contribution in [1.82, 2.24) is 0 Å². The van der Waals surface area contributed by atoms with Crippen LogP contribution in [0.25, 0.3) is 10.8 Å². The lowest BCUT2D eigenvalue weighted by molar-refractivity contribution is 0.519. The molecule has 0 saturated heterocycles. The fraction of sp³-hybridized carbons (Fsp3) is 0.389. The van der Waals surface area contributed by atoms with Crippen molar-refractivity contribution >= 4 is 33.7 Å². The van der Waals surface area contributed by atoms with E-state index < -0.39 is 0 Å². The Bertz CT molecular complexity index is 645. The van der Waals surface area contributed by atoms with E-state index in [9.17, 15) is 0 Å². The Kier molecular flexibility index (Phi) is 4.39. The topological polar surface area (TPSA) is 38.0 Å². The molecule has 1 aliphatic rings. The highest BCUT2D eigenvalue weighted by Gasteiger charge is 2.14. The molecule has 3 N–H and O–H groups in total. The van der Waals surface area contributed by atoms with Crippen LogP contribution in [0.5, 0.6) is 0 Å². The van der Waals surface area contributed by atoms with Crippen LogP contribution in [0.1, 0.15) is 37.7 Å². The molecule has 0 amide bonds. The molecule has 110 valence electrons. The van der Waals surface area contributed by atoms with E-state index in [1.54, 1.807) is 0 Å². The van der Waals surface area contributed by atoms with Gasteiger partial charge in [-0.2, -0.15) is 0 Å². The Morgan fingerprint density at radius 2 is 1.81 bits per heavy atom. The quantitative estimate of drug-likeness (QED) is 0.800. The van der Waals surface area contributed by atoms with E-state index in [2.05, 4.69) is 29.6 Å². The van der Waals surface area contributed by atoms with Gasteiger partial charge in [0, 0.05) is 23.2 Å². The zero-order chi connectivity index (χ0) is 14.7. The van der Waals surface area contributed by atoms with Crippen LogP contribution in [0.4, 0.5) is 5.69 Å². The van der Waals surface area contributed by atoms with Crippen LogP contribution in [-0.4, -0.2) is 11.5 Å². The third-order valence-electron chi connectivity index (χ3n) is 4.53. The highest BCUT2D eigenvalue weighted by Crippen LogP contribution is 2.29. The monoisotopic (exact) mass is 298 g/mol. The molecule has 0 unspecified atom stereocenters. The summed E-state index contributed by atoms with van der Waals surface area (Å²) in [5.74, 6) is 0.916. The third-order valence-corrected chi connectivity index (χ3v) is 4.75. The molecule has 0 heterocycles. The number of nitrogens with one attached hydrogen (secondary N) is 1. The maximum atomic E-state index is 5.82. The maximum absolute atomic E-state index is 5.82. The lowest BCUT2D eigenvalue weighted by Crippen LogP contribution is -2.11. The Hall–Kier alpha value is -1.61. The molecule has 1 saturated carbocycles. The summed E-state index contributed by atoms with van der Waals surface area (Å²) in [5, 5.41) is 5.93. The second kappa shape index (κ2) is 6.44. The van der Waals surface area contributed by atoms with E-state index in [-0.39, 0.29) is 0 Å². The molecule has 0 spiro atoms. The Morgan fingerprint density at radius 3 is 2.52 bits per heavy atom. The average molecular weight is 298 g/mol. The molecule has 0 aliphatic heterocycles. The molecule has 3 heteroatoms. The molecular formula is C18H22N2S. The lowest BCUT2D eigenvalue weighted by atomic mass is 10.0. The first kappa shape index (κ1) is 14.3. The molecule has 2 nitrogen and oxygen atoms in total. The second-order valence-corrected chi connectivity index (χ2v) is 6.38. The van der Waals surface area contributed by atoms with Crippen LogP contribution >= 0.6 is 12.2 Å². The van der Waals surface area contributed by atoms with Gasteiger partial charge in [-0.25, -0.2) is 0 Å². The first-order chi connectivity index (χ1) is 10.3. The summed E-state index contributed by atoms with van der Waals surface area (Å²) in [6, 6.07) is 12.5. The number of rotatable bonds is 5. The van der Waals surface area contributed by atoms with Gasteiger partial charge in [-0.3, -0.25) is 0 Å². The summed E-state index contributed by atoms with van der Waals surface area (Å²) >= 11 is 5.15. The van der Waals surface area contributed by atoms with Gasteiger partial charge in [0.2, 0.25) is 0 Å². The van der Waals surface area contributed by atoms with Gasteiger partial charge in [0.1, 0.15) is 4.99 Å². The van der Waals surface area contributed by atoms with E-state index in [1.807, 2.05) is 12.1 Å². The minimum atomic E-state index is 0.462. The molecule has 2 aromatic rings. The molecule has 0 bridgehead atoms. The summed E-state index contributed by atoms with van der Waals surface area (Å²) in [7, 11) is 0. The predicted molar refractivity (Wildman–Crippen MR) is 94.9 cm³/mol. The van der Waals surface area contributed by atoms with Crippen molar-refractivity contribution < 1.29 is 0 Å². The van der Waals surface area contributed by atoms with Crippen molar-refractivity contribution in [2.24, 2.45) is 11.7 Å². The minimum Gasteiger partial charge on any atom is -0.389 e. The highest BCUT2D eigenvalue weighted by molar-refractivity contribution is 7.80. The van der Waals surface area contributed by atoms with Gasteiger partial charge in [-0.05, 0) is 29.9 Å². The maximum Gasteiger partial charge on any atom is 0.104 e. The lowest BCUT2D eigenvalue weighted by Gasteiger charge is -2.14. The molecule has 0 radical (unpaired) electrons. The van der Waals surface area contributed by atoms with Crippen LogP contribution in [0, 0.1) is 5.92 Å². The molecule has 3 rings (SSSR count). The summed E-state index contributed by atoms with van der Waals surface area (Å²) in [5.41, 5.74) is 7.97. The number of benzene rings is 2. The van der Waals surface area contributed by atoms with Crippen molar-refractivity contribution in [2.45, 2.75) is 32.1 Å². The molecule has 1 fully saturated rings. The second-order valence-electron chi connectivity index (χ2n) is 5.94. The predicted octanol–water partition coefficient (Wildman–Crippen LogP) is 4.47. The van der Waals surface area contributed by atoms with E-state index in [0.29, 0.717) is 4.99 Å². The summed E-state index contributed by atoms with van der Waals surface area (Å²) in [6.45, 7) is 1.04. The Balaban J connectivity index is 1.79. The van der Waals surface area contributed by atoms with Crippen molar-refractivity contribution in [3.05, 3.63) is 42.0 Å². The number of hydrogen-bond acceptors (Lipinski definition) is 2. The van der Waals surface area contributed by atoms with Crippen LogP contribution < -0.4 is 11.1 Å². The summed E-state index contributed by atoms with van der Waals surface area (Å²) < 4.78 is 0.